The monoisotopic (exact) mass is 406 g/mol. The quantitative estimate of drug-likeness (QED) is 0.479. The number of benzene rings is 2. The molecule has 0 aliphatic rings. The summed E-state index contributed by atoms with van der Waals surface area (Å²) in [6.45, 7) is 6.62. The van der Waals surface area contributed by atoms with Crippen molar-refractivity contribution in [2.75, 3.05) is 6.54 Å². The maximum Gasteiger partial charge on any atom is 0.300 e. The second-order valence-electron chi connectivity index (χ2n) is 7.23. The molecule has 4 N–H and O–H groups in total. The molecule has 4 aromatic rings. The number of carboxylic acid groups (broad SMARTS) is 1. The number of aliphatic carboxylic acids is 1. The van der Waals surface area contributed by atoms with Crippen molar-refractivity contribution in [1.82, 2.24) is 14.5 Å². The number of carboxylic acids is 1. The summed E-state index contributed by atoms with van der Waals surface area (Å²) >= 11 is 0. The van der Waals surface area contributed by atoms with Crippen molar-refractivity contribution in [2.24, 2.45) is 5.73 Å². The second kappa shape index (κ2) is 8.92. The zero-order valence-electron chi connectivity index (χ0n) is 17.4. The summed E-state index contributed by atoms with van der Waals surface area (Å²) in [4.78, 5) is 29.5. The molecule has 2 aromatic carbocycles. The summed E-state index contributed by atoms with van der Waals surface area (Å²) in [5, 5.41) is 8.46. The van der Waals surface area contributed by atoms with Crippen molar-refractivity contribution >= 4 is 27.9 Å². The highest BCUT2D eigenvalue weighted by molar-refractivity contribution is 5.97. The van der Waals surface area contributed by atoms with Gasteiger partial charge in [0.15, 0.2) is 0 Å². The Morgan fingerprint density at radius 3 is 2.60 bits per heavy atom. The number of H-pyrrole nitrogens is 1. The van der Waals surface area contributed by atoms with Gasteiger partial charge < -0.3 is 20.4 Å². The zero-order chi connectivity index (χ0) is 21.8. The molecule has 0 bridgehead atoms. The van der Waals surface area contributed by atoms with Crippen LogP contribution in [0, 0.1) is 13.8 Å². The molecule has 0 atom stereocenters. The molecule has 0 aliphatic carbocycles. The lowest BCUT2D eigenvalue weighted by molar-refractivity contribution is -0.134. The van der Waals surface area contributed by atoms with Crippen LogP contribution in [0.5, 0.6) is 0 Å². The molecule has 2 heterocycles. The number of nitrogens with one attached hydrogen (secondary N) is 1. The van der Waals surface area contributed by atoms with Crippen LogP contribution in [0.15, 0.2) is 47.3 Å². The summed E-state index contributed by atoms with van der Waals surface area (Å²) in [6, 6.07) is 14.0. The van der Waals surface area contributed by atoms with E-state index >= 15 is 0 Å². The Bertz CT molecular complexity index is 1270. The number of aryl methyl sites for hydroxylation is 2. The highest BCUT2D eigenvalue weighted by atomic mass is 16.4. The van der Waals surface area contributed by atoms with Gasteiger partial charge in [0.1, 0.15) is 5.69 Å². The average Bonchev–Trinajstić information content (AvgIpc) is 2.97. The lowest BCUT2D eigenvalue weighted by atomic mass is 10.1. The van der Waals surface area contributed by atoms with Crippen LogP contribution >= 0.6 is 0 Å². The highest BCUT2D eigenvalue weighted by Gasteiger charge is 2.19. The van der Waals surface area contributed by atoms with E-state index in [-0.39, 0.29) is 5.56 Å². The van der Waals surface area contributed by atoms with Gasteiger partial charge in [0.2, 0.25) is 0 Å². The van der Waals surface area contributed by atoms with Gasteiger partial charge in [0, 0.05) is 35.6 Å². The van der Waals surface area contributed by atoms with Crippen LogP contribution in [-0.2, 0) is 11.3 Å². The smallest absolute Gasteiger partial charge is 0.300 e. The van der Waals surface area contributed by atoms with Crippen molar-refractivity contribution in [2.45, 2.75) is 33.7 Å². The zero-order valence-corrected chi connectivity index (χ0v) is 17.4. The Kier molecular flexibility index (Phi) is 6.32. The molecule has 4 rings (SSSR count). The lowest BCUT2D eigenvalue weighted by Gasteiger charge is -2.08. The molecule has 0 fully saturated rings. The summed E-state index contributed by atoms with van der Waals surface area (Å²) < 4.78 is 2.24. The molecule has 0 saturated carbocycles. The minimum absolute atomic E-state index is 0.161. The van der Waals surface area contributed by atoms with E-state index in [0.717, 1.165) is 58.6 Å². The predicted molar refractivity (Wildman–Crippen MR) is 120 cm³/mol. The van der Waals surface area contributed by atoms with Crippen molar-refractivity contribution < 1.29 is 9.90 Å². The first-order chi connectivity index (χ1) is 14.3. The first-order valence-electron chi connectivity index (χ1n) is 9.82. The Morgan fingerprint density at radius 1 is 1.20 bits per heavy atom. The van der Waals surface area contributed by atoms with E-state index < -0.39 is 5.97 Å². The number of fused-ring (bicyclic) bond motifs is 2. The van der Waals surface area contributed by atoms with Crippen LogP contribution < -0.4 is 11.3 Å². The van der Waals surface area contributed by atoms with E-state index in [1.807, 2.05) is 44.2 Å². The third kappa shape index (κ3) is 4.26. The molecule has 30 heavy (non-hydrogen) atoms. The molecule has 2 aromatic heterocycles. The predicted octanol–water partition coefficient (Wildman–Crippen LogP) is 3.60. The standard InChI is InChI=1S/C21H22N4O.C2H4O2/c1-13-8-9-16-17(12-13)23-20(21(26)24-16)19-14(2)25(11-5-10-22)18-7-4-3-6-15(18)19;1-2(3)4/h3-4,6-9,12H,5,10-11,22H2,1-2H3,(H,24,26);1H3,(H,3,4). The van der Waals surface area contributed by atoms with E-state index in [4.69, 9.17) is 20.6 Å². The molecular formula is C23H26N4O3. The normalized spacial score (nSPS) is 10.8. The van der Waals surface area contributed by atoms with E-state index in [0.29, 0.717) is 12.2 Å². The minimum atomic E-state index is -0.833. The Morgan fingerprint density at radius 2 is 1.90 bits per heavy atom. The number of nitrogens with two attached hydrogens (primary N) is 1. The molecular weight excluding hydrogens is 380 g/mol. The molecule has 7 nitrogen and oxygen atoms in total. The molecule has 7 heteroatoms. The van der Waals surface area contributed by atoms with Crippen LogP contribution in [0.25, 0.3) is 33.2 Å². The third-order valence-electron chi connectivity index (χ3n) is 4.90. The SMILES string of the molecule is CC(=O)O.Cc1ccc2[nH]c(=O)c(-c3c(C)n(CCCN)c4ccccc34)nc2c1. The molecule has 0 spiro atoms. The van der Waals surface area contributed by atoms with Gasteiger partial charge in [-0.25, -0.2) is 4.98 Å². The molecule has 156 valence electrons. The van der Waals surface area contributed by atoms with E-state index in [1.165, 1.54) is 0 Å². The van der Waals surface area contributed by atoms with Crippen LogP contribution in [0.3, 0.4) is 0 Å². The molecule has 0 saturated heterocycles. The number of nitrogens with zero attached hydrogens (tertiary/aromatic N) is 2. The Labute approximate surface area is 174 Å². The fraction of sp³-hybridized carbons (Fsp3) is 0.261. The van der Waals surface area contributed by atoms with Gasteiger partial charge in [-0.3, -0.25) is 9.59 Å². The van der Waals surface area contributed by atoms with Crippen LogP contribution in [0.1, 0.15) is 24.6 Å². The topological polar surface area (TPSA) is 114 Å². The van der Waals surface area contributed by atoms with Gasteiger partial charge in [0.25, 0.3) is 11.5 Å². The fourth-order valence-corrected chi connectivity index (χ4v) is 3.63. The summed E-state index contributed by atoms with van der Waals surface area (Å²) in [7, 11) is 0. The number of carbonyl (C=O) groups is 1. The number of rotatable bonds is 4. The fourth-order valence-electron chi connectivity index (χ4n) is 3.63. The molecule has 0 aliphatic heterocycles. The largest absolute Gasteiger partial charge is 0.481 e. The maximum absolute atomic E-state index is 12.8. The second-order valence-corrected chi connectivity index (χ2v) is 7.23. The molecule has 0 radical (unpaired) electrons. The van der Waals surface area contributed by atoms with Crippen molar-refractivity contribution in [3.63, 3.8) is 0 Å². The Hall–Kier alpha value is -3.45. The van der Waals surface area contributed by atoms with Crippen molar-refractivity contribution in [1.29, 1.82) is 0 Å². The van der Waals surface area contributed by atoms with Crippen LogP contribution in [-0.4, -0.2) is 32.2 Å². The summed E-state index contributed by atoms with van der Waals surface area (Å²) in [5.74, 6) is -0.833. The van der Waals surface area contributed by atoms with Crippen molar-refractivity contribution in [3.8, 4) is 11.3 Å². The number of para-hydroxylation sites is 1. The van der Waals surface area contributed by atoms with Gasteiger partial charge in [-0.2, -0.15) is 0 Å². The van der Waals surface area contributed by atoms with Gasteiger partial charge in [-0.15, -0.1) is 0 Å². The van der Waals surface area contributed by atoms with Gasteiger partial charge in [-0.1, -0.05) is 24.3 Å². The van der Waals surface area contributed by atoms with Gasteiger partial charge in [0.05, 0.1) is 11.0 Å². The molecule has 0 amide bonds. The van der Waals surface area contributed by atoms with Crippen molar-refractivity contribution in [3.05, 3.63) is 64.1 Å². The minimum Gasteiger partial charge on any atom is -0.481 e. The van der Waals surface area contributed by atoms with Crippen LogP contribution in [0.4, 0.5) is 0 Å². The summed E-state index contributed by atoms with van der Waals surface area (Å²) in [6.07, 6.45) is 0.889. The van der Waals surface area contributed by atoms with E-state index in [2.05, 4.69) is 21.7 Å². The van der Waals surface area contributed by atoms with Gasteiger partial charge in [-0.05, 0) is 50.6 Å². The third-order valence-corrected chi connectivity index (χ3v) is 4.90. The van der Waals surface area contributed by atoms with Crippen LogP contribution in [0.2, 0.25) is 0 Å². The summed E-state index contributed by atoms with van der Waals surface area (Å²) in [5.41, 5.74) is 11.8. The Balaban J connectivity index is 0.000000589. The van der Waals surface area contributed by atoms with Gasteiger partial charge >= 0.3 is 0 Å². The average molecular weight is 406 g/mol. The number of aromatic amines is 1. The number of hydrogen-bond acceptors (Lipinski definition) is 4. The van der Waals surface area contributed by atoms with E-state index in [9.17, 15) is 4.79 Å². The number of hydrogen-bond donors (Lipinski definition) is 3. The highest BCUT2D eigenvalue weighted by Crippen LogP contribution is 2.32. The lowest BCUT2D eigenvalue weighted by Crippen LogP contribution is -2.12. The number of aromatic nitrogens is 3. The first-order valence-corrected chi connectivity index (χ1v) is 9.82. The first kappa shape index (κ1) is 21.3. The van der Waals surface area contributed by atoms with E-state index in [1.54, 1.807) is 0 Å². The molecule has 0 unspecified atom stereocenters. The maximum atomic E-state index is 12.8.